The molecule has 0 saturated heterocycles. The van der Waals surface area contributed by atoms with Crippen molar-refractivity contribution >= 4 is 0 Å². The molecule has 0 unspecified atom stereocenters. The Morgan fingerprint density at radius 1 is 1.12 bits per heavy atom. The molecule has 1 fully saturated rings. The van der Waals surface area contributed by atoms with Crippen LogP contribution in [0.2, 0.25) is 0 Å². The maximum absolute atomic E-state index is 9.64. The fraction of sp³-hybridized carbons (Fsp3) is 0.600. The minimum Gasteiger partial charge on any atom is -0.508 e. The molecule has 0 bridgehead atoms. The molecule has 1 aliphatic carbocycles. The molecule has 0 spiro atoms. The first-order valence-electron chi connectivity index (χ1n) is 6.60. The minimum absolute atomic E-state index is 0.153. The highest BCUT2D eigenvalue weighted by Crippen LogP contribution is 2.42. The summed E-state index contributed by atoms with van der Waals surface area (Å²) in [6, 6.07) is 3.74. The van der Waals surface area contributed by atoms with E-state index in [0.717, 1.165) is 6.54 Å². The van der Waals surface area contributed by atoms with Crippen LogP contribution in [-0.4, -0.2) is 11.7 Å². The highest BCUT2D eigenvalue weighted by molar-refractivity contribution is 5.45. The summed E-state index contributed by atoms with van der Waals surface area (Å²) >= 11 is 0. The van der Waals surface area contributed by atoms with Gasteiger partial charge in [0.1, 0.15) is 5.75 Å². The van der Waals surface area contributed by atoms with Crippen molar-refractivity contribution in [1.82, 2.24) is 0 Å². The number of aromatic hydroxyl groups is 1. The van der Waals surface area contributed by atoms with Crippen LogP contribution in [0.5, 0.6) is 5.75 Å². The first-order valence-corrected chi connectivity index (χ1v) is 6.60. The van der Waals surface area contributed by atoms with Gasteiger partial charge >= 0.3 is 0 Å². The number of phenolic OH excluding ortho intramolecular Hbond substituents is 1. The molecular formula is C15H23NO. The highest BCUT2D eigenvalue weighted by Gasteiger charge is 2.34. The second-order valence-electron chi connectivity index (χ2n) is 5.50. The summed E-state index contributed by atoms with van der Waals surface area (Å²) in [6.45, 7) is 4.90. The van der Waals surface area contributed by atoms with E-state index >= 15 is 0 Å². The maximum Gasteiger partial charge on any atom is 0.116 e. The molecule has 1 aliphatic rings. The Morgan fingerprint density at radius 3 is 2.12 bits per heavy atom. The minimum atomic E-state index is 0.153. The quantitative estimate of drug-likeness (QED) is 0.824. The number of hydrogen-bond donors (Lipinski definition) is 2. The van der Waals surface area contributed by atoms with Crippen LogP contribution in [0.25, 0.3) is 0 Å². The Labute approximate surface area is 104 Å². The average Bonchev–Trinajstić information content (AvgIpc) is 2.28. The van der Waals surface area contributed by atoms with Gasteiger partial charge in [0.25, 0.3) is 0 Å². The van der Waals surface area contributed by atoms with Gasteiger partial charge < -0.3 is 10.8 Å². The van der Waals surface area contributed by atoms with Crippen molar-refractivity contribution < 1.29 is 5.11 Å². The fourth-order valence-electron chi connectivity index (χ4n) is 3.56. The van der Waals surface area contributed by atoms with Crippen molar-refractivity contribution in [2.24, 2.45) is 5.73 Å². The van der Waals surface area contributed by atoms with Crippen molar-refractivity contribution in [2.75, 3.05) is 6.54 Å². The summed E-state index contributed by atoms with van der Waals surface area (Å²) in [5.74, 6) is 0.367. The lowest BCUT2D eigenvalue weighted by atomic mass is 9.67. The lowest BCUT2D eigenvalue weighted by Gasteiger charge is -2.39. The van der Waals surface area contributed by atoms with Crippen LogP contribution in [0.4, 0.5) is 0 Å². The zero-order valence-corrected chi connectivity index (χ0v) is 10.9. The van der Waals surface area contributed by atoms with Crippen molar-refractivity contribution in [3.05, 3.63) is 28.8 Å². The van der Waals surface area contributed by atoms with E-state index in [0.29, 0.717) is 5.75 Å². The van der Waals surface area contributed by atoms with Gasteiger partial charge in [0, 0.05) is 12.0 Å². The fourth-order valence-corrected chi connectivity index (χ4v) is 3.56. The van der Waals surface area contributed by atoms with Gasteiger partial charge in [0.05, 0.1) is 0 Å². The van der Waals surface area contributed by atoms with Gasteiger partial charge in [-0.2, -0.15) is 0 Å². The molecule has 1 aromatic rings. The van der Waals surface area contributed by atoms with Crippen molar-refractivity contribution in [1.29, 1.82) is 0 Å². The molecule has 0 amide bonds. The molecule has 2 rings (SSSR count). The number of phenols is 1. The van der Waals surface area contributed by atoms with Crippen LogP contribution in [0, 0.1) is 13.8 Å². The van der Waals surface area contributed by atoms with E-state index in [2.05, 4.69) is 13.8 Å². The van der Waals surface area contributed by atoms with Gasteiger partial charge in [0.15, 0.2) is 0 Å². The van der Waals surface area contributed by atoms with Crippen LogP contribution in [0.3, 0.4) is 0 Å². The Bertz CT molecular complexity index is 382. The first-order chi connectivity index (χ1) is 8.09. The number of benzene rings is 1. The summed E-state index contributed by atoms with van der Waals surface area (Å²) in [7, 11) is 0. The third-order valence-corrected chi connectivity index (χ3v) is 4.25. The molecule has 94 valence electrons. The molecular weight excluding hydrogens is 210 g/mol. The van der Waals surface area contributed by atoms with Gasteiger partial charge in [-0.15, -0.1) is 0 Å². The molecule has 0 heterocycles. The van der Waals surface area contributed by atoms with Crippen molar-refractivity contribution in [3.8, 4) is 5.75 Å². The van der Waals surface area contributed by atoms with E-state index in [-0.39, 0.29) is 5.41 Å². The predicted octanol–water partition coefficient (Wildman–Crippen LogP) is 3.17. The lowest BCUT2D eigenvalue weighted by Crippen LogP contribution is -2.38. The van der Waals surface area contributed by atoms with Crippen molar-refractivity contribution in [3.63, 3.8) is 0 Å². The molecule has 2 nitrogen and oxygen atoms in total. The van der Waals surface area contributed by atoms with E-state index in [1.54, 1.807) is 0 Å². The van der Waals surface area contributed by atoms with Gasteiger partial charge in [-0.05, 0) is 55.5 Å². The second kappa shape index (κ2) is 4.69. The topological polar surface area (TPSA) is 46.2 Å². The predicted molar refractivity (Wildman–Crippen MR) is 71.4 cm³/mol. The molecule has 0 aliphatic heterocycles. The zero-order valence-electron chi connectivity index (χ0n) is 10.9. The second-order valence-corrected chi connectivity index (χ2v) is 5.50. The zero-order chi connectivity index (χ0) is 12.5. The first kappa shape index (κ1) is 12.4. The van der Waals surface area contributed by atoms with E-state index in [1.165, 1.54) is 48.8 Å². The molecule has 0 atom stereocenters. The van der Waals surface area contributed by atoms with Gasteiger partial charge in [-0.3, -0.25) is 0 Å². The monoisotopic (exact) mass is 233 g/mol. The number of hydrogen-bond acceptors (Lipinski definition) is 2. The summed E-state index contributed by atoms with van der Waals surface area (Å²) < 4.78 is 0. The van der Waals surface area contributed by atoms with E-state index < -0.39 is 0 Å². The third-order valence-electron chi connectivity index (χ3n) is 4.25. The maximum atomic E-state index is 9.64. The molecule has 0 aromatic heterocycles. The van der Waals surface area contributed by atoms with Crippen LogP contribution in [0.1, 0.15) is 48.8 Å². The standard InChI is InChI=1S/C15H23NO/c1-11-8-13(17)9-12(2)14(11)15(10-16)6-4-3-5-7-15/h8-9,17H,3-7,10,16H2,1-2H3. The largest absolute Gasteiger partial charge is 0.508 e. The molecule has 17 heavy (non-hydrogen) atoms. The lowest BCUT2D eigenvalue weighted by molar-refractivity contribution is 0.298. The van der Waals surface area contributed by atoms with Gasteiger partial charge in [-0.25, -0.2) is 0 Å². The van der Waals surface area contributed by atoms with Crippen molar-refractivity contribution in [2.45, 2.75) is 51.4 Å². The molecule has 2 heteroatoms. The Kier molecular flexibility index (Phi) is 3.43. The number of rotatable bonds is 2. The van der Waals surface area contributed by atoms with Crippen LogP contribution in [0.15, 0.2) is 12.1 Å². The Morgan fingerprint density at radius 2 is 1.65 bits per heavy atom. The SMILES string of the molecule is Cc1cc(O)cc(C)c1C1(CN)CCCCC1. The molecule has 3 N–H and O–H groups in total. The summed E-state index contributed by atoms with van der Waals surface area (Å²) in [4.78, 5) is 0. The summed E-state index contributed by atoms with van der Waals surface area (Å²) in [5.41, 5.74) is 10.0. The van der Waals surface area contributed by atoms with E-state index in [9.17, 15) is 5.11 Å². The van der Waals surface area contributed by atoms with Gasteiger partial charge in [-0.1, -0.05) is 19.3 Å². The van der Waals surface area contributed by atoms with E-state index in [4.69, 9.17) is 5.73 Å². The Hall–Kier alpha value is -1.02. The van der Waals surface area contributed by atoms with Gasteiger partial charge in [0.2, 0.25) is 0 Å². The molecule has 0 radical (unpaired) electrons. The molecule has 1 saturated carbocycles. The van der Waals surface area contributed by atoms with Crippen LogP contribution < -0.4 is 5.73 Å². The summed E-state index contributed by atoms with van der Waals surface area (Å²) in [6.07, 6.45) is 6.26. The van der Waals surface area contributed by atoms with Crippen LogP contribution in [-0.2, 0) is 5.41 Å². The number of nitrogens with two attached hydrogens (primary N) is 1. The Balaban J connectivity index is 2.50. The summed E-state index contributed by atoms with van der Waals surface area (Å²) in [5, 5.41) is 9.64. The average molecular weight is 233 g/mol. The highest BCUT2D eigenvalue weighted by atomic mass is 16.3. The van der Waals surface area contributed by atoms with Crippen LogP contribution >= 0.6 is 0 Å². The normalized spacial score (nSPS) is 19.2. The third kappa shape index (κ3) is 2.19. The molecule has 1 aromatic carbocycles. The smallest absolute Gasteiger partial charge is 0.116 e. The number of aryl methyl sites for hydroxylation is 2. The van der Waals surface area contributed by atoms with E-state index in [1.807, 2.05) is 12.1 Å².